The number of H-pyrrole nitrogens is 2. The first-order chi connectivity index (χ1) is 46.1. The highest BCUT2D eigenvalue weighted by molar-refractivity contribution is 5.98. The number of nitrogens with zero attached hydrogens (tertiary/aromatic N) is 2. The number of aromatic amines is 2. The molecule has 0 spiro atoms. The van der Waals surface area contributed by atoms with Gasteiger partial charge in [-0.3, -0.25) is 52.7 Å². The van der Waals surface area contributed by atoms with Gasteiger partial charge in [-0.15, -0.1) is 0 Å². The Balaban J connectivity index is 2.20. The average molecular weight is 1350 g/mol. The fourth-order valence-electron chi connectivity index (χ4n) is 11.9. The number of carbonyl (C=O) groups excluding carboxylic acids is 11. The van der Waals surface area contributed by atoms with Crippen LogP contribution in [0.3, 0.4) is 0 Å². The first kappa shape index (κ1) is 85.5. The zero-order chi connectivity index (χ0) is 71.0. The molecule has 0 radical (unpaired) electrons. The largest absolute Gasteiger partial charge is 0.394 e. The lowest BCUT2D eigenvalue weighted by Gasteiger charge is -2.25. The zero-order valence-electron chi connectivity index (χ0n) is 58.2. The second kappa shape index (κ2) is 51.6. The SMILES string of the molecule is CCCCCCCCCCCCCCCC(=O)N[C@@H](CCCCN)C(=O)C[C@@H](CC(C)C)C(=O)N[C@@H](CO)C(=O)C[C@@H](Cc1cnc[nH]1)C(=O)N[C@@H](CO)C(=O)C[C@@H](CCCCN)C(=O)NCC(=O)C[C@@H](Cc1cnc[nH]1)C(=O)N[C@@H](CCC(N)=O)C(=O)C[C@H](C)CCCCN. The van der Waals surface area contributed by atoms with E-state index in [0.717, 1.165) is 38.5 Å². The third-order valence-corrected chi connectivity index (χ3v) is 17.6. The van der Waals surface area contributed by atoms with E-state index in [2.05, 4.69) is 53.4 Å². The molecule has 2 rings (SSSR count). The number of nitrogens with one attached hydrogen (secondary N) is 7. The summed E-state index contributed by atoms with van der Waals surface area (Å²) in [4.78, 5) is 165. The van der Waals surface area contributed by atoms with Crippen molar-refractivity contribution in [2.45, 2.75) is 264 Å². The van der Waals surface area contributed by atoms with Gasteiger partial charge in [-0.2, -0.15) is 0 Å². The Hall–Kier alpha value is -6.61. The van der Waals surface area contributed by atoms with Crippen LogP contribution in [-0.2, 0) is 65.6 Å². The maximum absolute atomic E-state index is 14.3. The zero-order valence-corrected chi connectivity index (χ0v) is 58.2. The van der Waals surface area contributed by atoms with E-state index in [1.807, 2.05) is 20.8 Å². The molecule has 2 aromatic rings. The molecule has 96 heavy (non-hydrogen) atoms. The Morgan fingerprint density at radius 1 is 0.458 bits per heavy atom. The van der Waals surface area contributed by atoms with Gasteiger partial charge in [0, 0.05) is 93.4 Å². The molecule has 17 N–H and O–H groups in total. The number of aliphatic hydroxyl groups excluding tert-OH is 2. The summed E-state index contributed by atoms with van der Waals surface area (Å²) < 4.78 is 0. The number of Topliss-reactive ketones (excluding diaryl/α,β-unsaturated/α-hetero) is 5. The topological polar surface area (TPSA) is 450 Å². The average Bonchev–Trinajstić information content (AvgIpc) is 1.31. The minimum atomic E-state index is -1.58. The molecule has 0 saturated carbocycles. The van der Waals surface area contributed by atoms with Gasteiger partial charge in [0.2, 0.25) is 35.4 Å². The van der Waals surface area contributed by atoms with Crippen LogP contribution in [0, 0.1) is 35.5 Å². The summed E-state index contributed by atoms with van der Waals surface area (Å²) in [5, 5.41) is 34.6. The van der Waals surface area contributed by atoms with E-state index in [4.69, 9.17) is 22.9 Å². The highest BCUT2D eigenvalue weighted by atomic mass is 16.3. The fourth-order valence-corrected chi connectivity index (χ4v) is 11.9. The van der Waals surface area contributed by atoms with Gasteiger partial charge >= 0.3 is 0 Å². The molecular formula is C70H121N13O13. The lowest BCUT2D eigenvalue weighted by atomic mass is 9.88. The predicted molar refractivity (Wildman–Crippen MR) is 368 cm³/mol. The number of hydrogen-bond donors (Lipinski definition) is 13. The van der Waals surface area contributed by atoms with Crippen molar-refractivity contribution in [3.05, 3.63) is 36.4 Å². The van der Waals surface area contributed by atoms with Crippen molar-refractivity contribution in [1.29, 1.82) is 0 Å². The summed E-state index contributed by atoms with van der Waals surface area (Å²) in [6.45, 7) is 6.75. The van der Waals surface area contributed by atoms with Gasteiger partial charge in [0.15, 0.2) is 28.9 Å². The molecule has 6 amide bonds. The number of primary amides is 1. The molecule has 0 aromatic carbocycles. The van der Waals surface area contributed by atoms with E-state index in [9.17, 15) is 63.0 Å². The second-order valence-corrected chi connectivity index (χ2v) is 26.7. The minimum absolute atomic E-state index is 0.000312. The van der Waals surface area contributed by atoms with Crippen LogP contribution in [0.4, 0.5) is 0 Å². The van der Waals surface area contributed by atoms with Crippen molar-refractivity contribution >= 4 is 64.4 Å². The van der Waals surface area contributed by atoms with Crippen LogP contribution in [-0.4, -0.2) is 158 Å². The number of rotatable bonds is 61. The van der Waals surface area contributed by atoms with Gasteiger partial charge in [-0.1, -0.05) is 124 Å². The maximum atomic E-state index is 14.3. The van der Waals surface area contributed by atoms with Crippen molar-refractivity contribution < 1.29 is 63.0 Å². The number of ketones is 5. The molecule has 0 bridgehead atoms. The number of hydrogen-bond acceptors (Lipinski definition) is 18. The molecule has 26 nitrogen and oxygen atoms in total. The van der Waals surface area contributed by atoms with Crippen molar-refractivity contribution in [2.75, 3.05) is 39.4 Å². The molecule has 26 heteroatoms. The Morgan fingerprint density at radius 2 is 0.885 bits per heavy atom. The van der Waals surface area contributed by atoms with Crippen molar-refractivity contribution in [3.63, 3.8) is 0 Å². The molecule has 9 atom stereocenters. The number of carbonyl (C=O) groups is 11. The van der Waals surface area contributed by atoms with E-state index in [0.29, 0.717) is 63.0 Å². The maximum Gasteiger partial charge on any atom is 0.224 e. The third kappa shape index (κ3) is 37.8. The standard InChI is InChI=1S/C70H121N13O13/c1-5-6-7-8-9-10-11-12-13-14-15-16-17-27-66(92)80-57(26-20-23-32-73)62(88)39-51(33-48(2)3)68(94)82-60(45-85)64(90)40-53(36-55-42-76-47-79-55)70(96)83-59(44-84)63(89)38-50(25-19-22-31-72)67(93)77-43-56(86)37-52(35-54-41-75-46-78-54)69(95)81-58(28-29-65(74)91)61(87)34-49(4)24-18-21-30-71/h41-42,46-53,57-60,84-85H,5-40,43-45,71-73H2,1-4H3,(H2,74,91)(H,75,78)(H,76,79)(H,77,93)(H,80,92)(H,81,95)(H,82,94)(H,83,96)/t49-,50-,51-,52-,53-,57+,58+,59+,60+/m1/s1. The molecular weight excluding hydrogens is 1230 g/mol. The van der Waals surface area contributed by atoms with E-state index < -0.39 is 134 Å². The summed E-state index contributed by atoms with van der Waals surface area (Å²) in [6, 6.07) is -5.02. The predicted octanol–water partition coefficient (Wildman–Crippen LogP) is 5.03. The Labute approximate surface area is 569 Å². The molecule has 0 fully saturated rings. The normalized spacial score (nSPS) is 14.3. The number of aromatic nitrogens is 4. The Kier molecular flexibility index (Phi) is 45.9. The summed E-state index contributed by atoms with van der Waals surface area (Å²) in [7, 11) is 0. The Bertz CT molecular complexity index is 2570. The Morgan fingerprint density at radius 3 is 1.36 bits per heavy atom. The van der Waals surface area contributed by atoms with E-state index in [-0.39, 0.29) is 93.6 Å². The van der Waals surface area contributed by atoms with Crippen LogP contribution < -0.4 is 49.5 Å². The van der Waals surface area contributed by atoms with Crippen molar-refractivity contribution in [3.8, 4) is 0 Å². The van der Waals surface area contributed by atoms with Gasteiger partial charge < -0.3 is 69.7 Å². The summed E-state index contributed by atoms with van der Waals surface area (Å²) >= 11 is 0. The molecule has 544 valence electrons. The number of imidazole rings is 2. The van der Waals surface area contributed by atoms with Crippen LogP contribution >= 0.6 is 0 Å². The van der Waals surface area contributed by atoms with Crippen LogP contribution in [0.2, 0.25) is 0 Å². The second-order valence-electron chi connectivity index (χ2n) is 26.7. The first-order valence-electron chi connectivity index (χ1n) is 35.7. The van der Waals surface area contributed by atoms with E-state index in [1.54, 1.807) is 0 Å². The van der Waals surface area contributed by atoms with Crippen LogP contribution in [0.25, 0.3) is 0 Å². The number of nitrogens with two attached hydrogens (primary N) is 4. The quantitative estimate of drug-likeness (QED) is 0.0386. The molecule has 2 heterocycles. The van der Waals surface area contributed by atoms with E-state index in [1.165, 1.54) is 82.8 Å². The van der Waals surface area contributed by atoms with Crippen molar-refractivity contribution in [1.82, 2.24) is 46.5 Å². The highest BCUT2D eigenvalue weighted by Crippen LogP contribution is 2.23. The van der Waals surface area contributed by atoms with Gasteiger partial charge in [0.1, 0.15) is 12.1 Å². The fraction of sp³-hybridized carbons (Fsp3) is 0.757. The molecule has 0 aliphatic heterocycles. The van der Waals surface area contributed by atoms with Gasteiger partial charge in [0.05, 0.1) is 56.3 Å². The van der Waals surface area contributed by atoms with Gasteiger partial charge in [-0.25, -0.2) is 9.97 Å². The molecule has 2 aromatic heterocycles. The number of aliphatic hydroxyl groups is 2. The first-order valence-corrected chi connectivity index (χ1v) is 35.7. The highest BCUT2D eigenvalue weighted by Gasteiger charge is 2.36. The van der Waals surface area contributed by atoms with Gasteiger partial charge in [-0.05, 0) is 89.3 Å². The molecule has 0 unspecified atom stereocenters. The number of amides is 6. The summed E-state index contributed by atoms with van der Waals surface area (Å²) in [5.74, 6) is -10.9. The minimum Gasteiger partial charge on any atom is -0.394 e. The van der Waals surface area contributed by atoms with Crippen LogP contribution in [0.5, 0.6) is 0 Å². The lowest BCUT2D eigenvalue weighted by molar-refractivity contribution is -0.136. The number of unbranched alkanes of at least 4 members (excludes halogenated alkanes) is 15. The molecule has 0 saturated heterocycles. The van der Waals surface area contributed by atoms with Crippen LogP contribution in [0.15, 0.2) is 25.0 Å². The summed E-state index contributed by atoms with van der Waals surface area (Å²) in [6.07, 6.45) is 24.2. The van der Waals surface area contributed by atoms with Crippen LogP contribution in [0.1, 0.15) is 238 Å². The monoisotopic (exact) mass is 1350 g/mol. The molecule has 0 aliphatic carbocycles. The molecule has 0 aliphatic rings. The van der Waals surface area contributed by atoms with Crippen molar-refractivity contribution in [2.24, 2.45) is 58.4 Å². The summed E-state index contributed by atoms with van der Waals surface area (Å²) in [5.41, 5.74) is 23.6. The van der Waals surface area contributed by atoms with E-state index >= 15 is 0 Å². The third-order valence-electron chi connectivity index (χ3n) is 17.6. The smallest absolute Gasteiger partial charge is 0.224 e. The lowest BCUT2D eigenvalue weighted by Crippen LogP contribution is -2.50. The van der Waals surface area contributed by atoms with Gasteiger partial charge in [0.25, 0.3) is 0 Å².